The van der Waals surface area contributed by atoms with Crippen molar-refractivity contribution in [3.63, 3.8) is 0 Å². The summed E-state index contributed by atoms with van der Waals surface area (Å²) in [7, 11) is 0. The van der Waals surface area contributed by atoms with Gasteiger partial charge in [-0.2, -0.15) is 0 Å². The highest BCUT2D eigenvalue weighted by molar-refractivity contribution is 6.26. The number of rotatable bonds is 4. The first kappa shape index (κ1) is 20.3. The zero-order chi connectivity index (χ0) is 23.5. The minimum Gasteiger partial charge on any atom is -0.308 e. The van der Waals surface area contributed by atoms with Crippen molar-refractivity contribution < 1.29 is 0 Å². The van der Waals surface area contributed by atoms with Gasteiger partial charge >= 0.3 is 0 Å². The standard InChI is InChI=1S/C34H27N/c1-3-11-27-29(25-15-8-7-12-22(25)2)21-30-26-19-18-24(23-13-5-4-6-14-23)20-32(26)35-31-17-10-9-16-28(31)33(27)34(30)35/h4-10,12-21H,3,11H2,1-2H3. The van der Waals surface area contributed by atoms with Gasteiger partial charge in [-0.15, -0.1) is 0 Å². The maximum absolute atomic E-state index is 2.52. The first-order chi connectivity index (χ1) is 17.3. The van der Waals surface area contributed by atoms with E-state index in [1.807, 2.05) is 0 Å². The first-order valence-electron chi connectivity index (χ1n) is 12.6. The molecule has 1 nitrogen and oxygen atoms in total. The molecule has 168 valence electrons. The zero-order valence-electron chi connectivity index (χ0n) is 20.2. The van der Waals surface area contributed by atoms with Crippen molar-refractivity contribution in [2.24, 2.45) is 0 Å². The van der Waals surface area contributed by atoms with Gasteiger partial charge < -0.3 is 4.40 Å². The Hall–Kier alpha value is -4.10. The molecular formula is C34H27N. The van der Waals surface area contributed by atoms with Gasteiger partial charge in [-0.05, 0) is 64.9 Å². The van der Waals surface area contributed by atoms with Gasteiger partial charge in [0.1, 0.15) is 0 Å². The Morgan fingerprint density at radius 3 is 2.20 bits per heavy atom. The van der Waals surface area contributed by atoms with E-state index in [-0.39, 0.29) is 0 Å². The van der Waals surface area contributed by atoms with Gasteiger partial charge in [0, 0.05) is 21.5 Å². The van der Waals surface area contributed by atoms with E-state index in [0.29, 0.717) is 0 Å². The summed E-state index contributed by atoms with van der Waals surface area (Å²) in [6.07, 6.45) is 2.19. The molecule has 0 fully saturated rings. The van der Waals surface area contributed by atoms with Crippen LogP contribution in [0.3, 0.4) is 0 Å². The van der Waals surface area contributed by atoms with Crippen LogP contribution in [0.1, 0.15) is 24.5 Å². The van der Waals surface area contributed by atoms with Crippen LogP contribution in [0.5, 0.6) is 0 Å². The fourth-order valence-electron chi connectivity index (χ4n) is 6.07. The molecule has 0 saturated heterocycles. The van der Waals surface area contributed by atoms with Gasteiger partial charge in [0.25, 0.3) is 0 Å². The highest BCUT2D eigenvalue weighted by Crippen LogP contribution is 2.45. The van der Waals surface area contributed by atoms with Crippen molar-refractivity contribution in [1.82, 2.24) is 4.40 Å². The zero-order valence-corrected chi connectivity index (χ0v) is 20.2. The highest BCUT2D eigenvalue weighted by atomic mass is 14.9. The fourth-order valence-corrected chi connectivity index (χ4v) is 6.07. The van der Waals surface area contributed by atoms with Crippen LogP contribution in [0.25, 0.3) is 60.3 Å². The van der Waals surface area contributed by atoms with Gasteiger partial charge in [0.15, 0.2) is 0 Å². The van der Waals surface area contributed by atoms with Crippen LogP contribution in [0.4, 0.5) is 0 Å². The fraction of sp³-hybridized carbons (Fsp3) is 0.118. The largest absolute Gasteiger partial charge is 0.308 e. The molecule has 0 bridgehead atoms. The van der Waals surface area contributed by atoms with Crippen molar-refractivity contribution in [2.75, 3.05) is 0 Å². The van der Waals surface area contributed by atoms with E-state index in [1.165, 1.54) is 71.5 Å². The van der Waals surface area contributed by atoms with Crippen molar-refractivity contribution >= 4 is 38.1 Å². The molecule has 0 unspecified atom stereocenters. The molecule has 0 amide bonds. The molecule has 2 heterocycles. The van der Waals surface area contributed by atoms with Crippen LogP contribution in [-0.2, 0) is 6.42 Å². The average Bonchev–Trinajstić information content (AvgIpc) is 3.41. The quantitative estimate of drug-likeness (QED) is 0.252. The molecule has 1 heteroatoms. The molecule has 0 saturated carbocycles. The Kier molecular flexibility index (Phi) is 4.47. The summed E-state index contributed by atoms with van der Waals surface area (Å²) in [4.78, 5) is 0. The molecule has 0 radical (unpaired) electrons. The summed E-state index contributed by atoms with van der Waals surface area (Å²) in [5.74, 6) is 0. The summed E-state index contributed by atoms with van der Waals surface area (Å²) in [5, 5.41) is 5.46. The van der Waals surface area contributed by atoms with Crippen LogP contribution in [0.2, 0.25) is 0 Å². The van der Waals surface area contributed by atoms with E-state index >= 15 is 0 Å². The van der Waals surface area contributed by atoms with E-state index in [9.17, 15) is 0 Å². The second-order valence-electron chi connectivity index (χ2n) is 9.69. The summed E-state index contributed by atoms with van der Waals surface area (Å²) >= 11 is 0. The molecule has 0 N–H and O–H groups in total. The van der Waals surface area contributed by atoms with Crippen LogP contribution < -0.4 is 0 Å². The predicted molar refractivity (Wildman–Crippen MR) is 151 cm³/mol. The van der Waals surface area contributed by atoms with Gasteiger partial charge in [0.2, 0.25) is 0 Å². The van der Waals surface area contributed by atoms with E-state index in [1.54, 1.807) is 0 Å². The summed E-state index contributed by atoms with van der Waals surface area (Å²) < 4.78 is 2.52. The lowest BCUT2D eigenvalue weighted by molar-refractivity contribution is 0.932. The third kappa shape index (κ3) is 2.88. The number of hydrogen-bond donors (Lipinski definition) is 0. The first-order valence-corrected chi connectivity index (χ1v) is 12.6. The lowest BCUT2D eigenvalue weighted by atomic mass is 9.89. The van der Waals surface area contributed by atoms with Crippen LogP contribution in [-0.4, -0.2) is 4.40 Å². The molecule has 35 heavy (non-hydrogen) atoms. The smallest absolute Gasteiger partial charge is 0.0623 e. The van der Waals surface area contributed by atoms with Crippen molar-refractivity contribution in [3.05, 3.63) is 114 Å². The number of hydrogen-bond acceptors (Lipinski definition) is 0. The minimum atomic E-state index is 1.07. The Labute approximate surface area is 205 Å². The second-order valence-corrected chi connectivity index (χ2v) is 9.69. The number of nitrogens with zero attached hydrogens (tertiary/aromatic N) is 1. The summed E-state index contributed by atoms with van der Waals surface area (Å²) in [6, 6.07) is 38.0. The van der Waals surface area contributed by atoms with Crippen molar-refractivity contribution in [3.8, 4) is 22.3 Å². The third-order valence-electron chi connectivity index (χ3n) is 7.62. The molecule has 5 aromatic carbocycles. The molecule has 7 aromatic rings. The Balaban J connectivity index is 1.69. The molecule has 0 atom stereocenters. The molecule has 0 aliphatic heterocycles. The molecule has 0 spiro atoms. The van der Waals surface area contributed by atoms with Crippen LogP contribution in [0.15, 0.2) is 103 Å². The van der Waals surface area contributed by atoms with E-state index in [2.05, 4.69) is 121 Å². The minimum absolute atomic E-state index is 1.07. The number of fused-ring (bicyclic) bond motifs is 6. The van der Waals surface area contributed by atoms with Crippen molar-refractivity contribution in [1.29, 1.82) is 0 Å². The number of benzene rings is 5. The van der Waals surface area contributed by atoms with Gasteiger partial charge in [-0.3, -0.25) is 0 Å². The maximum Gasteiger partial charge on any atom is 0.0623 e. The van der Waals surface area contributed by atoms with Gasteiger partial charge in [0.05, 0.1) is 16.6 Å². The van der Waals surface area contributed by atoms with Crippen molar-refractivity contribution in [2.45, 2.75) is 26.7 Å². The molecule has 0 aliphatic carbocycles. The lowest BCUT2D eigenvalue weighted by Crippen LogP contribution is -1.93. The number of aromatic nitrogens is 1. The second kappa shape index (κ2) is 7.71. The number of aryl methyl sites for hydroxylation is 2. The molecule has 7 rings (SSSR count). The highest BCUT2D eigenvalue weighted by Gasteiger charge is 2.23. The Morgan fingerprint density at radius 1 is 0.600 bits per heavy atom. The molecular weight excluding hydrogens is 422 g/mol. The summed E-state index contributed by atoms with van der Waals surface area (Å²) in [6.45, 7) is 4.53. The third-order valence-corrected chi connectivity index (χ3v) is 7.62. The average molecular weight is 450 g/mol. The summed E-state index contributed by atoms with van der Waals surface area (Å²) in [5.41, 5.74) is 12.0. The SMILES string of the molecule is CCCc1c(-c2ccccc2C)cc2c3ccc(-c4ccccc4)cc3n3c4ccccc4c1c23. The van der Waals surface area contributed by atoms with E-state index < -0.39 is 0 Å². The predicted octanol–water partition coefficient (Wildman–Crippen LogP) is 9.43. The monoisotopic (exact) mass is 449 g/mol. The number of para-hydroxylation sites is 1. The molecule has 2 aromatic heterocycles. The van der Waals surface area contributed by atoms with Crippen LogP contribution >= 0.6 is 0 Å². The Bertz CT molecular complexity index is 1850. The van der Waals surface area contributed by atoms with E-state index in [0.717, 1.165) is 12.8 Å². The topological polar surface area (TPSA) is 4.41 Å². The molecule has 0 aliphatic rings. The Morgan fingerprint density at radius 2 is 1.37 bits per heavy atom. The van der Waals surface area contributed by atoms with Gasteiger partial charge in [-0.25, -0.2) is 0 Å². The van der Waals surface area contributed by atoms with Crippen LogP contribution in [0, 0.1) is 6.92 Å². The normalized spacial score (nSPS) is 11.9. The maximum atomic E-state index is 2.52. The van der Waals surface area contributed by atoms with Gasteiger partial charge in [-0.1, -0.05) is 98.3 Å². The lowest BCUT2D eigenvalue weighted by Gasteiger charge is -2.14. The van der Waals surface area contributed by atoms with E-state index in [4.69, 9.17) is 0 Å².